The smallest absolute Gasteiger partial charge is 0.0223 e. The molecule has 1 fully saturated rings. The Balaban J connectivity index is 2.24. The van der Waals surface area contributed by atoms with Gasteiger partial charge in [0, 0.05) is 17.9 Å². The van der Waals surface area contributed by atoms with Crippen molar-refractivity contribution in [2.24, 2.45) is 5.92 Å². The quantitative estimate of drug-likeness (QED) is 0.666. The van der Waals surface area contributed by atoms with E-state index in [0.717, 1.165) is 17.3 Å². The zero-order chi connectivity index (χ0) is 12.0. The first kappa shape index (κ1) is 14.5. The first-order valence-corrected chi connectivity index (χ1v) is 7.70. The van der Waals surface area contributed by atoms with Crippen LogP contribution in [-0.2, 0) is 0 Å². The van der Waals surface area contributed by atoms with Crippen molar-refractivity contribution < 1.29 is 0 Å². The van der Waals surface area contributed by atoms with E-state index >= 15 is 0 Å². The van der Waals surface area contributed by atoms with Crippen LogP contribution in [0.25, 0.3) is 0 Å². The number of likely N-dealkylation sites (tertiary alicyclic amines) is 1. The largest absolute Gasteiger partial charge is 0.308 e. The number of nitrogens with zero attached hydrogens (tertiary/aromatic N) is 2. The summed E-state index contributed by atoms with van der Waals surface area (Å²) in [5.41, 5.74) is 0. The van der Waals surface area contributed by atoms with Gasteiger partial charge >= 0.3 is 0 Å². The van der Waals surface area contributed by atoms with Crippen molar-refractivity contribution in [3.8, 4) is 0 Å². The maximum absolute atomic E-state index is 3.53. The van der Waals surface area contributed by atoms with Crippen LogP contribution >= 0.6 is 15.9 Å². The van der Waals surface area contributed by atoms with Gasteiger partial charge in [0.15, 0.2) is 0 Å². The second-order valence-electron chi connectivity index (χ2n) is 5.47. The Bertz CT molecular complexity index is 185. The van der Waals surface area contributed by atoms with Crippen LogP contribution < -0.4 is 0 Å². The van der Waals surface area contributed by atoms with E-state index in [1.807, 2.05) is 0 Å². The van der Waals surface area contributed by atoms with Crippen LogP contribution in [0.15, 0.2) is 0 Å². The summed E-state index contributed by atoms with van der Waals surface area (Å²) >= 11 is 3.53. The van der Waals surface area contributed by atoms with Crippen molar-refractivity contribution >= 4 is 15.9 Å². The third-order valence-electron chi connectivity index (χ3n) is 3.59. The molecule has 1 aliphatic heterocycles. The van der Waals surface area contributed by atoms with Crippen LogP contribution in [0.3, 0.4) is 0 Å². The minimum atomic E-state index is 0.811. The van der Waals surface area contributed by atoms with E-state index in [1.54, 1.807) is 0 Å². The van der Waals surface area contributed by atoms with Crippen molar-refractivity contribution in [1.29, 1.82) is 0 Å². The molecule has 0 aromatic rings. The fourth-order valence-electron chi connectivity index (χ4n) is 2.53. The molecule has 3 heteroatoms. The Hall–Kier alpha value is 0.400. The van der Waals surface area contributed by atoms with Crippen LogP contribution in [0.1, 0.15) is 32.6 Å². The van der Waals surface area contributed by atoms with Gasteiger partial charge in [-0.25, -0.2) is 0 Å². The molecule has 96 valence electrons. The van der Waals surface area contributed by atoms with Crippen LogP contribution in [0, 0.1) is 5.92 Å². The lowest BCUT2D eigenvalue weighted by Crippen LogP contribution is -2.38. The number of halogens is 1. The number of rotatable bonds is 7. The molecule has 0 saturated carbocycles. The van der Waals surface area contributed by atoms with E-state index in [-0.39, 0.29) is 0 Å². The Morgan fingerprint density at radius 3 is 2.75 bits per heavy atom. The normalized spacial score (nSPS) is 24.2. The molecule has 0 spiro atoms. The predicted octanol–water partition coefficient (Wildman–Crippen LogP) is 2.82. The first-order chi connectivity index (χ1) is 7.63. The van der Waals surface area contributed by atoms with Crippen molar-refractivity contribution in [2.45, 2.75) is 38.6 Å². The molecule has 0 aromatic heterocycles. The molecule has 0 amide bonds. The van der Waals surface area contributed by atoms with Gasteiger partial charge in [-0.05, 0) is 58.8 Å². The van der Waals surface area contributed by atoms with E-state index in [0.29, 0.717) is 0 Å². The van der Waals surface area contributed by atoms with E-state index in [1.165, 1.54) is 45.3 Å². The van der Waals surface area contributed by atoms with Gasteiger partial charge in [-0.3, -0.25) is 4.90 Å². The minimum absolute atomic E-state index is 0.811. The van der Waals surface area contributed by atoms with Crippen LogP contribution in [0.2, 0.25) is 0 Å². The number of hydrogen-bond donors (Lipinski definition) is 0. The Labute approximate surface area is 109 Å². The SMILES string of the molecule is CC(CCBr)CCN1CCCC1CN(C)C. The van der Waals surface area contributed by atoms with Crippen LogP contribution in [0.4, 0.5) is 0 Å². The van der Waals surface area contributed by atoms with Gasteiger partial charge in [-0.2, -0.15) is 0 Å². The molecule has 0 aromatic carbocycles. The standard InChI is InChI=1S/C13H27BrN2/c1-12(6-8-14)7-10-16-9-4-5-13(16)11-15(2)3/h12-13H,4-11H2,1-3H3. The summed E-state index contributed by atoms with van der Waals surface area (Å²) in [6, 6.07) is 0.811. The lowest BCUT2D eigenvalue weighted by Gasteiger charge is -2.27. The second kappa shape index (κ2) is 7.67. The fraction of sp³-hybridized carbons (Fsp3) is 1.00. The van der Waals surface area contributed by atoms with Crippen molar-refractivity contribution in [3.63, 3.8) is 0 Å². The summed E-state index contributed by atoms with van der Waals surface area (Å²) in [5, 5.41) is 1.15. The van der Waals surface area contributed by atoms with Crippen LogP contribution in [0.5, 0.6) is 0 Å². The van der Waals surface area contributed by atoms with Crippen molar-refractivity contribution in [3.05, 3.63) is 0 Å². The lowest BCUT2D eigenvalue weighted by molar-refractivity contribution is 0.197. The molecule has 1 saturated heterocycles. The Kier molecular flexibility index (Phi) is 6.94. The molecule has 2 unspecified atom stereocenters. The highest BCUT2D eigenvalue weighted by atomic mass is 79.9. The maximum Gasteiger partial charge on any atom is 0.0223 e. The van der Waals surface area contributed by atoms with Gasteiger partial charge < -0.3 is 4.90 Å². The molecule has 0 aliphatic carbocycles. The zero-order valence-corrected chi connectivity index (χ0v) is 12.7. The average Bonchev–Trinajstić information content (AvgIpc) is 2.62. The highest BCUT2D eigenvalue weighted by Crippen LogP contribution is 2.20. The minimum Gasteiger partial charge on any atom is -0.308 e. The van der Waals surface area contributed by atoms with Gasteiger partial charge in [0.05, 0.1) is 0 Å². The molecule has 1 heterocycles. The third-order valence-corrected chi connectivity index (χ3v) is 4.04. The Morgan fingerprint density at radius 1 is 1.38 bits per heavy atom. The van der Waals surface area contributed by atoms with E-state index in [4.69, 9.17) is 0 Å². The molecule has 0 bridgehead atoms. The van der Waals surface area contributed by atoms with E-state index in [2.05, 4.69) is 46.7 Å². The summed E-state index contributed by atoms with van der Waals surface area (Å²) < 4.78 is 0. The Morgan fingerprint density at radius 2 is 2.12 bits per heavy atom. The topological polar surface area (TPSA) is 6.48 Å². The lowest BCUT2D eigenvalue weighted by atomic mass is 10.0. The summed E-state index contributed by atoms with van der Waals surface area (Å²) in [6.45, 7) is 6.22. The van der Waals surface area contributed by atoms with Gasteiger partial charge in [-0.15, -0.1) is 0 Å². The number of alkyl halides is 1. The van der Waals surface area contributed by atoms with Crippen molar-refractivity contribution in [2.75, 3.05) is 39.1 Å². The van der Waals surface area contributed by atoms with Crippen LogP contribution in [-0.4, -0.2) is 54.9 Å². The molecule has 0 N–H and O–H groups in total. The van der Waals surface area contributed by atoms with Gasteiger partial charge in [0.2, 0.25) is 0 Å². The maximum atomic E-state index is 3.53. The average molecular weight is 291 g/mol. The summed E-state index contributed by atoms with van der Waals surface area (Å²) in [5.74, 6) is 0.861. The summed E-state index contributed by atoms with van der Waals surface area (Å²) in [7, 11) is 4.37. The van der Waals surface area contributed by atoms with Gasteiger partial charge in [-0.1, -0.05) is 22.9 Å². The molecule has 16 heavy (non-hydrogen) atoms. The van der Waals surface area contributed by atoms with E-state index in [9.17, 15) is 0 Å². The summed E-state index contributed by atoms with van der Waals surface area (Å²) in [4.78, 5) is 5.02. The molecular formula is C13H27BrN2. The molecule has 1 aliphatic rings. The van der Waals surface area contributed by atoms with E-state index < -0.39 is 0 Å². The monoisotopic (exact) mass is 290 g/mol. The predicted molar refractivity (Wildman–Crippen MR) is 75.3 cm³/mol. The highest BCUT2D eigenvalue weighted by molar-refractivity contribution is 9.09. The zero-order valence-electron chi connectivity index (χ0n) is 11.1. The van der Waals surface area contributed by atoms with Crippen molar-refractivity contribution in [1.82, 2.24) is 9.80 Å². The fourth-order valence-corrected chi connectivity index (χ4v) is 3.32. The number of likely N-dealkylation sites (N-methyl/N-ethyl adjacent to an activating group) is 1. The van der Waals surface area contributed by atoms with Gasteiger partial charge in [0.1, 0.15) is 0 Å². The molecule has 1 rings (SSSR count). The second-order valence-corrected chi connectivity index (χ2v) is 6.26. The highest BCUT2D eigenvalue weighted by Gasteiger charge is 2.24. The molecule has 0 radical (unpaired) electrons. The third kappa shape index (κ3) is 5.15. The molecule has 2 nitrogen and oxygen atoms in total. The molecule has 2 atom stereocenters. The van der Waals surface area contributed by atoms with Gasteiger partial charge in [0.25, 0.3) is 0 Å². The molecular weight excluding hydrogens is 264 g/mol. The summed E-state index contributed by atoms with van der Waals surface area (Å²) in [6.07, 6.45) is 5.46. The first-order valence-electron chi connectivity index (χ1n) is 6.58. The number of hydrogen-bond acceptors (Lipinski definition) is 2.